The molecule has 17 heavy (non-hydrogen) atoms. The molecule has 0 radical (unpaired) electrons. The van der Waals surface area contributed by atoms with Crippen LogP contribution in [0.5, 0.6) is 0 Å². The lowest BCUT2D eigenvalue weighted by molar-refractivity contribution is -0.123. The Morgan fingerprint density at radius 2 is 2.06 bits per heavy atom. The largest absolute Gasteiger partial charge is 0.351 e. The SMILES string of the molecule is CSC(C)(C(=O)NCc1ccccc1)C(C)Cl. The first kappa shape index (κ1) is 14.4. The molecule has 1 aromatic carbocycles. The molecule has 0 spiro atoms. The summed E-state index contributed by atoms with van der Waals surface area (Å²) in [4.78, 5) is 12.1. The van der Waals surface area contributed by atoms with Gasteiger partial charge in [0.05, 0.1) is 5.38 Å². The van der Waals surface area contributed by atoms with Gasteiger partial charge in [-0.1, -0.05) is 30.3 Å². The second-order valence-electron chi connectivity index (χ2n) is 4.10. The van der Waals surface area contributed by atoms with Gasteiger partial charge in [0.25, 0.3) is 0 Å². The Kier molecular flexibility index (Phi) is 5.34. The van der Waals surface area contributed by atoms with E-state index in [2.05, 4.69) is 5.32 Å². The van der Waals surface area contributed by atoms with Crippen molar-refractivity contribution in [2.24, 2.45) is 0 Å². The highest BCUT2D eigenvalue weighted by molar-refractivity contribution is 8.00. The second-order valence-corrected chi connectivity index (χ2v) is 6.01. The lowest BCUT2D eigenvalue weighted by Gasteiger charge is -2.28. The van der Waals surface area contributed by atoms with Crippen molar-refractivity contribution >= 4 is 29.3 Å². The molecular weight excluding hydrogens is 254 g/mol. The van der Waals surface area contributed by atoms with Crippen molar-refractivity contribution in [2.75, 3.05) is 6.26 Å². The van der Waals surface area contributed by atoms with Crippen LogP contribution in [0.15, 0.2) is 30.3 Å². The van der Waals surface area contributed by atoms with Crippen LogP contribution in [0.2, 0.25) is 0 Å². The van der Waals surface area contributed by atoms with Gasteiger partial charge in [-0.3, -0.25) is 4.79 Å². The number of benzene rings is 1. The zero-order valence-electron chi connectivity index (χ0n) is 10.4. The zero-order valence-corrected chi connectivity index (χ0v) is 11.9. The van der Waals surface area contributed by atoms with Gasteiger partial charge in [-0.15, -0.1) is 23.4 Å². The van der Waals surface area contributed by atoms with Crippen molar-refractivity contribution in [3.8, 4) is 0 Å². The minimum Gasteiger partial charge on any atom is -0.351 e. The molecule has 0 heterocycles. The van der Waals surface area contributed by atoms with E-state index >= 15 is 0 Å². The number of nitrogens with one attached hydrogen (secondary N) is 1. The van der Waals surface area contributed by atoms with Crippen LogP contribution in [0, 0.1) is 0 Å². The number of hydrogen-bond acceptors (Lipinski definition) is 2. The molecule has 0 aliphatic rings. The van der Waals surface area contributed by atoms with E-state index in [1.54, 1.807) is 0 Å². The monoisotopic (exact) mass is 271 g/mol. The van der Waals surface area contributed by atoms with Crippen LogP contribution in [0.25, 0.3) is 0 Å². The third kappa shape index (κ3) is 3.65. The normalized spacial score (nSPS) is 16.0. The van der Waals surface area contributed by atoms with Gasteiger partial charge >= 0.3 is 0 Å². The Hall–Kier alpha value is -0.670. The molecule has 2 atom stereocenters. The Bertz CT molecular complexity index is 369. The van der Waals surface area contributed by atoms with Crippen molar-refractivity contribution in [1.82, 2.24) is 5.32 Å². The topological polar surface area (TPSA) is 29.1 Å². The molecule has 0 saturated carbocycles. The molecule has 0 aliphatic heterocycles. The van der Waals surface area contributed by atoms with Crippen LogP contribution in [0.3, 0.4) is 0 Å². The van der Waals surface area contributed by atoms with Gasteiger partial charge in [0.1, 0.15) is 4.75 Å². The first-order chi connectivity index (χ1) is 8.00. The Balaban J connectivity index is 2.61. The highest BCUT2D eigenvalue weighted by Crippen LogP contribution is 2.30. The second kappa shape index (κ2) is 6.31. The van der Waals surface area contributed by atoms with E-state index in [1.807, 2.05) is 50.4 Å². The predicted octanol–water partition coefficient (Wildman–Crippen LogP) is 3.05. The molecule has 2 unspecified atom stereocenters. The molecule has 94 valence electrons. The third-order valence-corrected chi connectivity index (χ3v) is 4.88. The van der Waals surface area contributed by atoms with Crippen LogP contribution in [-0.4, -0.2) is 22.3 Å². The van der Waals surface area contributed by atoms with Crippen molar-refractivity contribution < 1.29 is 4.79 Å². The van der Waals surface area contributed by atoms with E-state index in [0.29, 0.717) is 6.54 Å². The molecule has 4 heteroatoms. The summed E-state index contributed by atoms with van der Waals surface area (Å²) in [5.41, 5.74) is 1.09. The van der Waals surface area contributed by atoms with E-state index in [0.717, 1.165) is 5.56 Å². The molecule has 0 saturated heterocycles. The van der Waals surface area contributed by atoms with Gasteiger partial charge in [-0.25, -0.2) is 0 Å². The van der Waals surface area contributed by atoms with Crippen molar-refractivity contribution in [3.63, 3.8) is 0 Å². The minimum absolute atomic E-state index is 0.0173. The predicted molar refractivity (Wildman–Crippen MR) is 75.5 cm³/mol. The van der Waals surface area contributed by atoms with E-state index in [-0.39, 0.29) is 11.3 Å². The summed E-state index contributed by atoms with van der Waals surface area (Å²) in [7, 11) is 0. The van der Waals surface area contributed by atoms with Gasteiger partial charge in [0.2, 0.25) is 5.91 Å². The van der Waals surface area contributed by atoms with Gasteiger partial charge in [0.15, 0.2) is 0 Å². The average Bonchev–Trinajstić information content (AvgIpc) is 2.35. The molecule has 1 amide bonds. The number of carbonyl (C=O) groups excluding carboxylic acids is 1. The highest BCUT2D eigenvalue weighted by Gasteiger charge is 2.37. The molecule has 0 aliphatic carbocycles. The molecule has 0 aromatic heterocycles. The first-order valence-electron chi connectivity index (χ1n) is 5.52. The fourth-order valence-electron chi connectivity index (χ4n) is 1.39. The Morgan fingerprint density at radius 3 is 2.53 bits per heavy atom. The minimum atomic E-state index is -0.587. The fourth-order valence-corrected chi connectivity index (χ4v) is 2.34. The number of rotatable bonds is 5. The van der Waals surface area contributed by atoms with E-state index in [1.165, 1.54) is 11.8 Å². The summed E-state index contributed by atoms with van der Waals surface area (Å²) in [5, 5.41) is 2.71. The summed E-state index contributed by atoms with van der Waals surface area (Å²) >= 11 is 7.56. The van der Waals surface area contributed by atoms with Crippen LogP contribution in [-0.2, 0) is 11.3 Å². The van der Waals surface area contributed by atoms with E-state index < -0.39 is 4.75 Å². The number of alkyl halides is 1. The number of hydrogen-bond donors (Lipinski definition) is 1. The quantitative estimate of drug-likeness (QED) is 0.834. The van der Waals surface area contributed by atoms with Crippen molar-refractivity contribution in [3.05, 3.63) is 35.9 Å². The molecular formula is C13H18ClNOS. The van der Waals surface area contributed by atoms with Crippen LogP contribution in [0.1, 0.15) is 19.4 Å². The lowest BCUT2D eigenvalue weighted by atomic mass is 10.1. The molecule has 1 rings (SSSR count). The number of amides is 1. The zero-order chi connectivity index (χ0) is 12.9. The van der Waals surface area contributed by atoms with Gasteiger partial charge in [-0.2, -0.15) is 0 Å². The number of halogens is 1. The summed E-state index contributed by atoms with van der Waals surface area (Å²) in [6.07, 6.45) is 1.90. The summed E-state index contributed by atoms with van der Waals surface area (Å²) < 4.78 is -0.587. The molecule has 2 nitrogen and oxygen atoms in total. The number of carbonyl (C=O) groups is 1. The van der Waals surface area contributed by atoms with Crippen LogP contribution in [0.4, 0.5) is 0 Å². The summed E-state index contributed by atoms with van der Waals surface area (Å²) in [5.74, 6) is -0.0173. The Labute approximate surface area is 112 Å². The van der Waals surface area contributed by atoms with E-state index in [9.17, 15) is 4.79 Å². The van der Waals surface area contributed by atoms with Crippen LogP contribution < -0.4 is 5.32 Å². The maximum Gasteiger partial charge on any atom is 0.237 e. The Morgan fingerprint density at radius 1 is 1.47 bits per heavy atom. The standard InChI is InChI=1S/C13H18ClNOS/c1-10(14)13(2,17-3)12(16)15-9-11-7-5-4-6-8-11/h4-8,10H,9H2,1-3H3,(H,15,16). The molecule has 1 aromatic rings. The third-order valence-electron chi connectivity index (χ3n) is 2.93. The number of thioether (sulfide) groups is 1. The average molecular weight is 272 g/mol. The van der Waals surface area contributed by atoms with E-state index in [4.69, 9.17) is 11.6 Å². The van der Waals surface area contributed by atoms with Crippen LogP contribution >= 0.6 is 23.4 Å². The lowest BCUT2D eigenvalue weighted by Crippen LogP contribution is -2.46. The van der Waals surface area contributed by atoms with Gasteiger partial charge < -0.3 is 5.32 Å². The molecule has 0 bridgehead atoms. The smallest absolute Gasteiger partial charge is 0.237 e. The van der Waals surface area contributed by atoms with Crippen molar-refractivity contribution in [2.45, 2.75) is 30.5 Å². The summed E-state index contributed by atoms with van der Waals surface area (Å²) in [6.45, 7) is 4.26. The summed E-state index contributed by atoms with van der Waals surface area (Å²) in [6, 6.07) is 9.85. The van der Waals surface area contributed by atoms with Gasteiger partial charge in [-0.05, 0) is 25.7 Å². The highest BCUT2D eigenvalue weighted by atomic mass is 35.5. The fraction of sp³-hybridized carbons (Fsp3) is 0.462. The molecule has 0 fully saturated rings. The first-order valence-corrected chi connectivity index (χ1v) is 7.18. The maximum atomic E-state index is 12.1. The van der Waals surface area contributed by atoms with Crippen molar-refractivity contribution in [1.29, 1.82) is 0 Å². The van der Waals surface area contributed by atoms with Gasteiger partial charge in [0, 0.05) is 6.54 Å². The molecule has 1 N–H and O–H groups in total. The maximum absolute atomic E-state index is 12.1.